The molecular formula is C8H14NaO6S. The quantitative estimate of drug-likeness (QED) is 0.320. The predicted molar refractivity (Wildman–Crippen MR) is 58.2 cm³/mol. The Balaban J connectivity index is 0. The molecule has 0 aliphatic heterocycles. The first kappa shape index (κ1) is 18.4. The van der Waals surface area contributed by atoms with Crippen LogP contribution in [0.3, 0.4) is 0 Å². The second kappa shape index (κ2) is 8.21. The SMILES string of the molecule is C=C(C)C(=O)OCCC(C)OS(=O)(=O)O.[Na]. The predicted octanol–water partition coefficient (Wildman–Crippen LogP) is 0.323. The normalized spacial score (nSPS) is 12.4. The molecule has 0 aliphatic carbocycles. The van der Waals surface area contributed by atoms with Crippen molar-refractivity contribution >= 4 is 45.9 Å². The zero-order chi connectivity index (χ0) is 12.1. The Morgan fingerprint density at radius 1 is 1.50 bits per heavy atom. The van der Waals surface area contributed by atoms with Crippen molar-refractivity contribution in [1.82, 2.24) is 0 Å². The summed E-state index contributed by atoms with van der Waals surface area (Å²) in [7, 11) is -4.45. The van der Waals surface area contributed by atoms with Crippen molar-refractivity contribution in [2.24, 2.45) is 0 Å². The molecule has 0 saturated carbocycles. The van der Waals surface area contributed by atoms with Crippen LogP contribution in [0.2, 0.25) is 0 Å². The molecular weight excluding hydrogens is 247 g/mol. The summed E-state index contributed by atoms with van der Waals surface area (Å²) in [4.78, 5) is 10.9. The van der Waals surface area contributed by atoms with Gasteiger partial charge in [-0.3, -0.25) is 4.55 Å². The van der Waals surface area contributed by atoms with Crippen molar-refractivity contribution in [2.75, 3.05) is 6.61 Å². The molecule has 0 aliphatic rings. The minimum atomic E-state index is -4.45. The van der Waals surface area contributed by atoms with E-state index in [2.05, 4.69) is 10.8 Å². The van der Waals surface area contributed by atoms with Gasteiger partial charge in [-0.05, 0) is 13.8 Å². The van der Waals surface area contributed by atoms with Gasteiger partial charge in [-0.1, -0.05) is 6.58 Å². The Bertz CT molecular complexity index is 336. The summed E-state index contributed by atoms with van der Waals surface area (Å²) in [5.74, 6) is -0.547. The first-order chi connectivity index (χ1) is 6.72. The van der Waals surface area contributed by atoms with Crippen LogP contribution in [-0.4, -0.2) is 61.2 Å². The first-order valence-corrected chi connectivity index (χ1v) is 5.57. The van der Waals surface area contributed by atoms with Gasteiger partial charge in [0.25, 0.3) is 0 Å². The average Bonchev–Trinajstić information content (AvgIpc) is 2.00. The molecule has 1 unspecified atom stereocenters. The molecule has 1 atom stereocenters. The van der Waals surface area contributed by atoms with E-state index < -0.39 is 22.5 Å². The molecule has 1 radical (unpaired) electrons. The van der Waals surface area contributed by atoms with Crippen LogP contribution in [0.25, 0.3) is 0 Å². The maximum Gasteiger partial charge on any atom is 0.397 e. The minimum absolute atomic E-state index is 0. The molecule has 0 amide bonds. The smallest absolute Gasteiger partial charge is 0.397 e. The van der Waals surface area contributed by atoms with E-state index in [1.807, 2.05) is 0 Å². The van der Waals surface area contributed by atoms with E-state index >= 15 is 0 Å². The maximum absolute atomic E-state index is 10.9. The molecule has 8 heteroatoms. The Kier molecular flexibility index (Phi) is 9.47. The molecule has 0 spiro atoms. The van der Waals surface area contributed by atoms with Crippen LogP contribution >= 0.6 is 0 Å². The summed E-state index contributed by atoms with van der Waals surface area (Å²) in [6, 6.07) is 0. The van der Waals surface area contributed by atoms with Gasteiger partial charge in [0.05, 0.1) is 12.7 Å². The summed E-state index contributed by atoms with van der Waals surface area (Å²) in [6.45, 7) is 6.31. The summed E-state index contributed by atoms with van der Waals surface area (Å²) in [5.41, 5.74) is 0.262. The minimum Gasteiger partial charge on any atom is -0.462 e. The van der Waals surface area contributed by atoms with Gasteiger partial charge in [0.15, 0.2) is 0 Å². The van der Waals surface area contributed by atoms with Gasteiger partial charge in [0.1, 0.15) is 0 Å². The zero-order valence-corrected chi connectivity index (χ0v) is 12.4. The Hall–Kier alpha value is 0.0800. The molecule has 0 heterocycles. The van der Waals surface area contributed by atoms with Crippen LogP contribution in [0.4, 0.5) is 0 Å². The van der Waals surface area contributed by atoms with E-state index in [1.165, 1.54) is 13.8 Å². The Morgan fingerprint density at radius 2 is 2.00 bits per heavy atom. The molecule has 1 N–H and O–H groups in total. The molecule has 0 bridgehead atoms. The molecule has 6 nitrogen and oxygen atoms in total. The maximum atomic E-state index is 10.9. The van der Waals surface area contributed by atoms with Crippen molar-refractivity contribution < 1.29 is 26.7 Å². The van der Waals surface area contributed by atoms with Gasteiger partial charge in [0.2, 0.25) is 0 Å². The molecule has 16 heavy (non-hydrogen) atoms. The third-order valence-electron chi connectivity index (χ3n) is 1.39. The van der Waals surface area contributed by atoms with Crippen LogP contribution in [0.15, 0.2) is 12.2 Å². The number of rotatable bonds is 6. The average molecular weight is 261 g/mol. The van der Waals surface area contributed by atoms with Crippen LogP contribution in [0.5, 0.6) is 0 Å². The number of carbonyl (C=O) groups is 1. The van der Waals surface area contributed by atoms with E-state index in [9.17, 15) is 13.2 Å². The molecule has 0 aromatic carbocycles. The summed E-state index contributed by atoms with van der Waals surface area (Å²) in [6.07, 6.45) is -0.586. The Labute approximate surface area is 117 Å². The topological polar surface area (TPSA) is 89.9 Å². The molecule has 0 aromatic heterocycles. The van der Waals surface area contributed by atoms with Crippen LogP contribution < -0.4 is 0 Å². The van der Waals surface area contributed by atoms with Crippen LogP contribution in [-0.2, 0) is 24.1 Å². The van der Waals surface area contributed by atoms with Gasteiger partial charge >= 0.3 is 16.4 Å². The van der Waals surface area contributed by atoms with E-state index in [0.29, 0.717) is 0 Å². The largest absolute Gasteiger partial charge is 0.462 e. The van der Waals surface area contributed by atoms with Crippen molar-refractivity contribution in [2.45, 2.75) is 26.4 Å². The van der Waals surface area contributed by atoms with Gasteiger partial charge in [-0.15, -0.1) is 0 Å². The fourth-order valence-corrected chi connectivity index (χ4v) is 1.21. The fourth-order valence-electron chi connectivity index (χ4n) is 0.696. The fraction of sp³-hybridized carbons (Fsp3) is 0.625. The first-order valence-electron chi connectivity index (χ1n) is 4.20. The zero-order valence-electron chi connectivity index (χ0n) is 9.60. The van der Waals surface area contributed by atoms with Crippen LogP contribution in [0.1, 0.15) is 20.3 Å². The monoisotopic (exact) mass is 261 g/mol. The molecule has 0 fully saturated rings. The standard InChI is InChI=1S/C8H14O6S.Na/c1-6(2)8(9)13-5-4-7(3)14-15(10,11)12;/h7H,1,4-5H2,2-3H3,(H,10,11,12);. The third kappa shape index (κ3) is 10.6. The van der Waals surface area contributed by atoms with Crippen molar-refractivity contribution in [3.8, 4) is 0 Å². The van der Waals surface area contributed by atoms with Gasteiger partial charge < -0.3 is 4.74 Å². The summed E-state index contributed by atoms with van der Waals surface area (Å²) < 4.78 is 37.7. The van der Waals surface area contributed by atoms with E-state index in [-0.39, 0.29) is 48.2 Å². The summed E-state index contributed by atoms with van der Waals surface area (Å²) >= 11 is 0. The number of hydrogen-bond donors (Lipinski definition) is 1. The van der Waals surface area contributed by atoms with E-state index in [4.69, 9.17) is 9.29 Å². The Morgan fingerprint density at radius 3 is 2.38 bits per heavy atom. The number of hydrogen-bond acceptors (Lipinski definition) is 5. The third-order valence-corrected chi connectivity index (χ3v) is 1.96. The van der Waals surface area contributed by atoms with Gasteiger partial charge in [-0.25, -0.2) is 8.98 Å². The van der Waals surface area contributed by atoms with Crippen molar-refractivity contribution in [1.29, 1.82) is 0 Å². The van der Waals surface area contributed by atoms with Gasteiger partial charge in [0, 0.05) is 41.6 Å². The van der Waals surface area contributed by atoms with Gasteiger partial charge in [-0.2, -0.15) is 8.42 Å². The molecule has 0 rings (SSSR count). The second-order valence-corrected chi connectivity index (χ2v) is 4.09. The van der Waals surface area contributed by atoms with Crippen LogP contribution in [0, 0.1) is 0 Å². The van der Waals surface area contributed by atoms with Crippen molar-refractivity contribution in [3.05, 3.63) is 12.2 Å². The number of carbonyl (C=O) groups excluding carboxylic acids is 1. The van der Waals surface area contributed by atoms with E-state index in [1.54, 1.807) is 0 Å². The van der Waals surface area contributed by atoms with Crippen molar-refractivity contribution in [3.63, 3.8) is 0 Å². The summed E-state index contributed by atoms with van der Waals surface area (Å²) in [5, 5.41) is 0. The molecule has 89 valence electrons. The van der Waals surface area contributed by atoms with E-state index in [0.717, 1.165) is 0 Å². The molecule has 0 saturated heterocycles. The number of esters is 1. The number of ether oxygens (including phenoxy) is 1. The molecule has 0 aromatic rings. The second-order valence-electron chi connectivity index (χ2n) is 3.04.